The van der Waals surface area contributed by atoms with Gasteiger partial charge in [0.1, 0.15) is 5.75 Å². The Balaban J connectivity index is 1.07. The van der Waals surface area contributed by atoms with E-state index in [4.69, 9.17) is 0 Å². The second-order valence-electron chi connectivity index (χ2n) is 8.78. The van der Waals surface area contributed by atoms with Crippen molar-refractivity contribution in [3.8, 4) is 5.75 Å². The third-order valence-corrected chi connectivity index (χ3v) is 7.14. The molecule has 8 nitrogen and oxygen atoms in total. The molecule has 1 saturated carbocycles. The summed E-state index contributed by atoms with van der Waals surface area (Å²) < 4.78 is 0. The number of rotatable bonds is 6. The maximum absolute atomic E-state index is 11.8. The lowest BCUT2D eigenvalue weighted by Gasteiger charge is -2.32. The molecule has 0 radical (unpaired) electrons. The van der Waals surface area contributed by atoms with Crippen LogP contribution >= 0.6 is 11.8 Å². The molecule has 0 spiro atoms. The SMILES string of the molecule is O=C1NC(=O)/C(=C/C2=CC=NC(NC3CCC(NCc4ccc5cc(O)ccc5c4)CC3)N2)S1. The first-order valence-electron chi connectivity index (χ1n) is 11.5. The molecule has 2 amide bonds. The van der Waals surface area contributed by atoms with Crippen LogP contribution in [-0.2, 0) is 11.3 Å². The molecule has 2 aliphatic heterocycles. The van der Waals surface area contributed by atoms with E-state index >= 15 is 0 Å². The Kier molecular flexibility index (Phi) is 6.66. The number of aromatic hydroxyl groups is 1. The first kappa shape index (κ1) is 22.6. The largest absolute Gasteiger partial charge is 0.508 e. The van der Waals surface area contributed by atoms with Crippen molar-refractivity contribution < 1.29 is 14.7 Å². The lowest BCUT2D eigenvalue weighted by molar-refractivity contribution is -0.115. The van der Waals surface area contributed by atoms with Gasteiger partial charge in [0.2, 0.25) is 0 Å². The minimum absolute atomic E-state index is 0.256. The van der Waals surface area contributed by atoms with Gasteiger partial charge in [0.15, 0.2) is 6.29 Å². The number of carbonyl (C=O) groups excluding carboxylic acids is 2. The Bertz CT molecular complexity index is 1200. The summed E-state index contributed by atoms with van der Waals surface area (Å²) in [5, 5.41) is 24.2. The summed E-state index contributed by atoms with van der Waals surface area (Å²) >= 11 is 0.907. The molecule has 5 rings (SSSR count). The fourth-order valence-electron chi connectivity index (χ4n) is 4.53. The van der Waals surface area contributed by atoms with E-state index in [0.29, 0.717) is 22.7 Å². The fourth-order valence-corrected chi connectivity index (χ4v) is 5.20. The van der Waals surface area contributed by atoms with Gasteiger partial charge in [0.25, 0.3) is 11.1 Å². The predicted molar refractivity (Wildman–Crippen MR) is 134 cm³/mol. The first-order valence-corrected chi connectivity index (χ1v) is 12.3. The maximum Gasteiger partial charge on any atom is 0.290 e. The number of imide groups is 1. The Morgan fingerprint density at radius 2 is 1.82 bits per heavy atom. The molecule has 1 aliphatic carbocycles. The number of fused-ring (bicyclic) bond motifs is 1. The van der Waals surface area contributed by atoms with Crippen LogP contribution in [0.1, 0.15) is 31.2 Å². The summed E-state index contributed by atoms with van der Waals surface area (Å²) in [6.45, 7) is 0.824. The van der Waals surface area contributed by atoms with Gasteiger partial charge in [0.05, 0.1) is 4.91 Å². The van der Waals surface area contributed by atoms with Gasteiger partial charge in [-0.25, -0.2) is 0 Å². The van der Waals surface area contributed by atoms with Crippen LogP contribution in [0.15, 0.2) is 64.1 Å². The number of hydrogen-bond acceptors (Lipinski definition) is 8. The summed E-state index contributed by atoms with van der Waals surface area (Å²) in [5.41, 5.74) is 1.99. The van der Waals surface area contributed by atoms with Gasteiger partial charge in [-0.1, -0.05) is 18.2 Å². The fraction of sp³-hybridized carbons (Fsp3) is 0.320. The summed E-state index contributed by atoms with van der Waals surface area (Å²) in [6.07, 6.45) is 9.21. The number of phenols is 1. The van der Waals surface area contributed by atoms with E-state index in [9.17, 15) is 14.7 Å². The molecule has 2 aromatic rings. The number of phenolic OH excluding ortho intramolecular Hbond substituents is 1. The van der Waals surface area contributed by atoms with Gasteiger partial charge >= 0.3 is 0 Å². The van der Waals surface area contributed by atoms with Crippen molar-refractivity contribution in [2.24, 2.45) is 4.99 Å². The van der Waals surface area contributed by atoms with E-state index < -0.39 is 0 Å². The lowest BCUT2D eigenvalue weighted by atomic mass is 9.91. The van der Waals surface area contributed by atoms with E-state index in [1.807, 2.05) is 6.07 Å². The zero-order valence-electron chi connectivity index (χ0n) is 18.6. The van der Waals surface area contributed by atoms with Crippen molar-refractivity contribution in [1.29, 1.82) is 0 Å². The van der Waals surface area contributed by atoms with Gasteiger partial charge in [-0.15, -0.1) is 0 Å². The zero-order chi connectivity index (χ0) is 23.5. The van der Waals surface area contributed by atoms with E-state index in [-0.39, 0.29) is 17.4 Å². The van der Waals surface area contributed by atoms with Gasteiger partial charge in [0, 0.05) is 30.5 Å². The third kappa shape index (κ3) is 5.49. The van der Waals surface area contributed by atoms with Crippen LogP contribution in [-0.4, -0.2) is 40.8 Å². The molecule has 0 aromatic heterocycles. The molecular weight excluding hydrogens is 450 g/mol. The molecule has 2 fully saturated rings. The summed E-state index contributed by atoms with van der Waals surface area (Å²) in [5.74, 6) is -0.0719. The molecule has 2 aromatic carbocycles. The Hall–Kier alpha value is -3.14. The number of nitrogens with one attached hydrogen (secondary N) is 4. The van der Waals surface area contributed by atoms with Crippen molar-refractivity contribution in [1.82, 2.24) is 21.3 Å². The molecule has 3 aliphatic rings. The molecule has 5 N–H and O–H groups in total. The Morgan fingerprint density at radius 3 is 2.62 bits per heavy atom. The minimum Gasteiger partial charge on any atom is -0.508 e. The molecule has 34 heavy (non-hydrogen) atoms. The van der Waals surface area contributed by atoms with E-state index in [0.717, 1.165) is 60.5 Å². The monoisotopic (exact) mass is 477 g/mol. The van der Waals surface area contributed by atoms with E-state index in [1.54, 1.807) is 30.5 Å². The van der Waals surface area contributed by atoms with Crippen molar-refractivity contribution in [2.75, 3.05) is 0 Å². The highest BCUT2D eigenvalue weighted by Crippen LogP contribution is 2.25. The van der Waals surface area contributed by atoms with Gasteiger partial charge < -0.3 is 15.7 Å². The van der Waals surface area contributed by atoms with Gasteiger partial charge in [-0.3, -0.25) is 25.2 Å². The number of hydrogen-bond donors (Lipinski definition) is 5. The van der Waals surface area contributed by atoms with Crippen LogP contribution in [0.4, 0.5) is 4.79 Å². The number of allylic oxidation sites excluding steroid dienone is 2. The molecule has 0 bridgehead atoms. The molecule has 1 atom stereocenters. The summed E-state index contributed by atoms with van der Waals surface area (Å²) in [7, 11) is 0. The number of aliphatic imine (C=N–C) groups is 1. The van der Waals surface area contributed by atoms with E-state index in [1.165, 1.54) is 5.56 Å². The molecule has 1 saturated heterocycles. The second kappa shape index (κ2) is 10.0. The molecule has 9 heteroatoms. The van der Waals surface area contributed by atoms with Crippen molar-refractivity contribution in [3.63, 3.8) is 0 Å². The lowest BCUT2D eigenvalue weighted by Crippen LogP contribution is -2.49. The topological polar surface area (TPSA) is 115 Å². The number of amides is 2. The number of carbonyl (C=O) groups is 2. The van der Waals surface area contributed by atoms with Gasteiger partial charge in [-0.2, -0.15) is 0 Å². The Labute approximate surface area is 202 Å². The minimum atomic E-state index is -0.362. The van der Waals surface area contributed by atoms with Crippen molar-refractivity contribution in [2.45, 2.75) is 50.6 Å². The van der Waals surface area contributed by atoms with Crippen LogP contribution < -0.4 is 21.3 Å². The average molecular weight is 478 g/mol. The van der Waals surface area contributed by atoms with Gasteiger partial charge in [-0.05, 0) is 84.1 Å². The number of benzene rings is 2. The standard InChI is InChI=1S/C25H27N5O3S/c31-21-8-3-16-11-15(1-2-17(16)12-21)14-27-18-4-6-19(7-5-18)28-24-26-10-9-20(29-24)13-22-23(32)30-25(33)34-22/h1-3,8-13,18-19,24,27-29,31H,4-7,14H2,(H,30,32,33)/b22-13-. The number of nitrogens with zero attached hydrogens (tertiary/aromatic N) is 1. The smallest absolute Gasteiger partial charge is 0.290 e. The van der Waals surface area contributed by atoms with Crippen LogP contribution in [0, 0.1) is 0 Å². The third-order valence-electron chi connectivity index (χ3n) is 6.33. The molecule has 176 valence electrons. The van der Waals surface area contributed by atoms with Crippen LogP contribution in [0.25, 0.3) is 10.8 Å². The summed E-state index contributed by atoms with van der Waals surface area (Å²) in [4.78, 5) is 27.9. The van der Waals surface area contributed by atoms with E-state index in [2.05, 4.69) is 44.5 Å². The average Bonchev–Trinajstić information content (AvgIpc) is 3.15. The second-order valence-corrected chi connectivity index (χ2v) is 9.80. The highest BCUT2D eigenvalue weighted by molar-refractivity contribution is 8.18. The quantitative estimate of drug-likeness (QED) is 0.406. The van der Waals surface area contributed by atoms with Crippen molar-refractivity contribution >= 4 is 39.9 Å². The van der Waals surface area contributed by atoms with Crippen LogP contribution in [0.5, 0.6) is 5.75 Å². The zero-order valence-corrected chi connectivity index (χ0v) is 19.4. The molecule has 1 unspecified atom stereocenters. The van der Waals surface area contributed by atoms with Crippen molar-refractivity contribution in [3.05, 3.63) is 64.7 Å². The highest BCUT2D eigenvalue weighted by atomic mass is 32.2. The summed E-state index contributed by atoms with van der Waals surface area (Å²) in [6, 6.07) is 12.6. The first-order chi connectivity index (χ1) is 16.5. The maximum atomic E-state index is 11.8. The molecular formula is C25H27N5O3S. The Morgan fingerprint density at radius 1 is 1.06 bits per heavy atom. The predicted octanol–water partition coefficient (Wildman–Crippen LogP) is 3.24. The molecule has 2 heterocycles. The normalized spacial score (nSPS) is 25.9. The van der Waals surface area contributed by atoms with Crippen LogP contribution in [0.2, 0.25) is 0 Å². The number of thioether (sulfide) groups is 1. The highest BCUT2D eigenvalue weighted by Gasteiger charge is 2.27. The van der Waals surface area contributed by atoms with Crippen LogP contribution in [0.3, 0.4) is 0 Å².